The van der Waals surface area contributed by atoms with Crippen LogP contribution in [0.3, 0.4) is 0 Å². The van der Waals surface area contributed by atoms with E-state index in [-0.39, 0.29) is 0 Å². The Bertz CT molecular complexity index is 384. The summed E-state index contributed by atoms with van der Waals surface area (Å²) in [5.41, 5.74) is 1.14. The van der Waals surface area contributed by atoms with Gasteiger partial charge in [-0.3, -0.25) is 4.90 Å². The lowest BCUT2D eigenvalue weighted by Gasteiger charge is -2.26. The van der Waals surface area contributed by atoms with E-state index in [2.05, 4.69) is 17.0 Å². The van der Waals surface area contributed by atoms with Crippen molar-refractivity contribution in [1.29, 1.82) is 0 Å². The highest BCUT2D eigenvalue weighted by Gasteiger charge is 2.09. The molecule has 1 aromatic carbocycles. The van der Waals surface area contributed by atoms with Gasteiger partial charge in [-0.2, -0.15) is 0 Å². The van der Waals surface area contributed by atoms with Gasteiger partial charge in [-0.15, -0.1) is 0 Å². The number of morpholine rings is 1. The highest BCUT2D eigenvalue weighted by Crippen LogP contribution is 2.19. The third kappa shape index (κ3) is 3.86. The van der Waals surface area contributed by atoms with Crippen LogP contribution in [0.4, 0.5) is 0 Å². The summed E-state index contributed by atoms with van der Waals surface area (Å²) >= 11 is 0. The first-order valence-electron chi connectivity index (χ1n) is 6.55. The second-order valence-electron chi connectivity index (χ2n) is 4.34. The summed E-state index contributed by atoms with van der Waals surface area (Å²) in [6.07, 6.45) is 4.11. The van der Waals surface area contributed by atoms with Gasteiger partial charge in [-0.05, 0) is 13.0 Å². The maximum absolute atomic E-state index is 5.86. The predicted octanol–water partition coefficient (Wildman–Crippen LogP) is 2.43. The molecule has 1 aliphatic heterocycles. The minimum absolute atomic E-state index is 0.731. The first-order chi connectivity index (χ1) is 8.90. The van der Waals surface area contributed by atoms with Crippen LogP contribution in [0.1, 0.15) is 12.5 Å². The van der Waals surface area contributed by atoms with E-state index in [1.165, 1.54) is 0 Å². The quantitative estimate of drug-likeness (QED) is 0.797. The zero-order chi connectivity index (χ0) is 12.6. The number of hydrogen-bond acceptors (Lipinski definition) is 3. The summed E-state index contributed by atoms with van der Waals surface area (Å²) in [5, 5.41) is 0. The molecule has 0 bridgehead atoms. The summed E-state index contributed by atoms with van der Waals surface area (Å²) in [6.45, 7) is 7.43. The summed E-state index contributed by atoms with van der Waals surface area (Å²) in [6, 6.07) is 8.14. The Hall–Kier alpha value is -1.32. The van der Waals surface area contributed by atoms with Crippen molar-refractivity contribution >= 4 is 6.08 Å². The molecule has 0 radical (unpaired) electrons. The molecule has 0 N–H and O–H groups in total. The van der Waals surface area contributed by atoms with Crippen molar-refractivity contribution in [3.8, 4) is 5.75 Å². The van der Waals surface area contributed by atoms with Gasteiger partial charge < -0.3 is 9.47 Å². The SMILES string of the molecule is CC=Cc1ccccc1OCCN1CCOCC1. The van der Waals surface area contributed by atoms with Crippen LogP contribution in [0.25, 0.3) is 6.08 Å². The molecule has 2 rings (SSSR count). The lowest BCUT2D eigenvalue weighted by atomic mass is 10.2. The molecule has 3 heteroatoms. The van der Waals surface area contributed by atoms with E-state index in [0.717, 1.165) is 50.8 Å². The van der Waals surface area contributed by atoms with Crippen LogP contribution in [0.2, 0.25) is 0 Å². The highest BCUT2D eigenvalue weighted by molar-refractivity contribution is 5.56. The Morgan fingerprint density at radius 2 is 2.06 bits per heavy atom. The predicted molar refractivity (Wildman–Crippen MR) is 73.9 cm³/mol. The van der Waals surface area contributed by atoms with Crippen LogP contribution >= 0.6 is 0 Å². The first-order valence-corrected chi connectivity index (χ1v) is 6.55. The van der Waals surface area contributed by atoms with E-state index >= 15 is 0 Å². The fourth-order valence-electron chi connectivity index (χ4n) is 2.04. The van der Waals surface area contributed by atoms with Crippen molar-refractivity contribution in [3.63, 3.8) is 0 Å². The Kier molecular flexibility index (Phi) is 5.24. The van der Waals surface area contributed by atoms with Crippen LogP contribution in [0, 0.1) is 0 Å². The molecule has 18 heavy (non-hydrogen) atoms. The van der Waals surface area contributed by atoms with Crippen molar-refractivity contribution in [2.75, 3.05) is 39.5 Å². The number of rotatable bonds is 5. The van der Waals surface area contributed by atoms with Gasteiger partial charge in [-0.25, -0.2) is 0 Å². The van der Waals surface area contributed by atoms with Crippen LogP contribution in [-0.2, 0) is 4.74 Å². The van der Waals surface area contributed by atoms with Gasteiger partial charge in [0, 0.05) is 25.2 Å². The fraction of sp³-hybridized carbons (Fsp3) is 0.467. The minimum Gasteiger partial charge on any atom is -0.492 e. The third-order valence-corrected chi connectivity index (χ3v) is 3.03. The molecule has 3 nitrogen and oxygen atoms in total. The van der Waals surface area contributed by atoms with Crippen LogP contribution in [-0.4, -0.2) is 44.4 Å². The third-order valence-electron chi connectivity index (χ3n) is 3.03. The molecule has 0 aliphatic carbocycles. The molecule has 0 unspecified atom stereocenters. The number of ether oxygens (including phenoxy) is 2. The molecule has 0 aromatic heterocycles. The molecule has 0 spiro atoms. The molecule has 1 aliphatic rings. The molecular formula is C15H21NO2. The number of allylic oxidation sites excluding steroid dienone is 1. The molecular weight excluding hydrogens is 226 g/mol. The van der Waals surface area contributed by atoms with Crippen molar-refractivity contribution in [2.45, 2.75) is 6.92 Å². The number of nitrogens with zero attached hydrogens (tertiary/aromatic N) is 1. The van der Waals surface area contributed by atoms with E-state index in [1.807, 2.05) is 31.2 Å². The second-order valence-corrected chi connectivity index (χ2v) is 4.34. The maximum Gasteiger partial charge on any atom is 0.126 e. The summed E-state index contributed by atoms with van der Waals surface area (Å²) in [4.78, 5) is 2.38. The average molecular weight is 247 g/mol. The molecule has 1 fully saturated rings. The van der Waals surface area contributed by atoms with Crippen molar-refractivity contribution in [3.05, 3.63) is 35.9 Å². The molecule has 98 valence electrons. The van der Waals surface area contributed by atoms with Crippen LogP contribution in [0.5, 0.6) is 5.75 Å². The maximum atomic E-state index is 5.86. The molecule has 1 heterocycles. The average Bonchev–Trinajstić information content (AvgIpc) is 2.42. The van der Waals surface area contributed by atoms with Crippen molar-refractivity contribution in [1.82, 2.24) is 4.90 Å². The van der Waals surface area contributed by atoms with Crippen LogP contribution in [0.15, 0.2) is 30.3 Å². The van der Waals surface area contributed by atoms with Gasteiger partial charge in [0.1, 0.15) is 12.4 Å². The van der Waals surface area contributed by atoms with Crippen molar-refractivity contribution in [2.24, 2.45) is 0 Å². The normalized spacial score (nSPS) is 17.2. The Morgan fingerprint density at radius 3 is 2.83 bits per heavy atom. The van der Waals surface area contributed by atoms with Gasteiger partial charge in [0.2, 0.25) is 0 Å². The van der Waals surface area contributed by atoms with E-state index in [0.29, 0.717) is 0 Å². The van der Waals surface area contributed by atoms with E-state index in [9.17, 15) is 0 Å². The Morgan fingerprint density at radius 1 is 1.28 bits per heavy atom. The monoisotopic (exact) mass is 247 g/mol. The van der Waals surface area contributed by atoms with Crippen molar-refractivity contribution < 1.29 is 9.47 Å². The van der Waals surface area contributed by atoms with E-state index in [1.54, 1.807) is 0 Å². The highest BCUT2D eigenvalue weighted by atomic mass is 16.5. The standard InChI is InChI=1S/C15H21NO2/c1-2-5-14-6-3-4-7-15(14)18-13-10-16-8-11-17-12-9-16/h2-7H,8-13H2,1H3. The molecule has 0 amide bonds. The second kappa shape index (κ2) is 7.19. The summed E-state index contributed by atoms with van der Waals surface area (Å²) < 4.78 is 11.2. The lowest BCUT2D eigenvalue weighted by molar-refractivity contribution is 0.0322. The van der Waals surface area contributed by atoms with Gasteiger partial charge in [0.05, 0.1) is 13.2 Å². The molecule has 1 aromatic rings. The number of hydrogen-bond donors (Lipinski definition) is 0. The largest absolute Gasteiger partial charge is 0.492 e. The minimum atomic E-state index is 0.731. The van der Waals surface area contributed by atoms with Gasteiger partial charge >= 0.3 is 0 Å². The van der Waals surface area contributed by atoms with E-state index < -0.39 is 0 Å². The topological polar surface area (TPSA) is 21.7 Å². The smallest absolute Gasteiger partial charge is 0.126 e. The van der Waals surface area contributed by atoms with Gasteiger partial charge in [-0.1, -0.05) is 30.4 Å². The Balaban J connectivity index is 1.82. The summed E-state index contributed by atoms with van der Waals surface area (Å²) in [5.74, 6) is 0.962. The molecule has 1 saturated heterocycles. The molecule has 0 saturated carbocycles. The fourth-order valence-corrected chi connectivity index (χ4v) is 2.04. The summed E-state index contributed by atoms with van der Waals surface area (Å²) in [7, 11) is 0. The number of para-hydroxylation sites is 1. The van der Waals surface area contributed by atoms with Crippen LogP contribution < -0.4 is 4.74 Å². The Labute approximate surface area is 109 Å². The lowest BCUT2D eigenvalue weighted by Crippen LogP contribution is -2.38. The van der Waals surface area contributed by atoms with Gasteiger partial charge in [0.15, 0.2) is 0 Å². The molecule has 0 atom stereocenters. The van der Waals surface area contributed by atoms with Gasteiger partial charge in [0.25, 0.3) is 0 Å². The zero-order valence-electron chi connectivity index (χ0n) is 11.0. The number of benzene rings is 1. The zero-order valence-corrected chi connectivity index (χ0v) is 11.0. The van der Waals surface area contributed by atoms with E-state index in [4.69, 9.17) is 9.47 Å². The first kappa shape index (κ1) is 13.1.